The van der Waals surface area contributed by atoms with Crippen LogP contribution in [-0.2, 0) is 4.43 Å². The SMILES string of the molecule is CO[Si](C)(C)CN1CCNC1. The van der Waals surface area contributed by atoms with Gasteiger partial charge in [0.05, 0.1) is 0 Å². The summed E-state index contributed by atoms with van der Waals surface area (Å²) in [6.45, 7) is 7.87. The molecule has 1 aliphatic heterocycles. The van der Waals surface area contributed by atoms with E-state index in [9.17, 15) is 0 Å². The summed E-state index contributed by atoms with van der Waals surface area (Å²) >= 11 is 0. The van der Waals surface area contributed by atoms with Crippen LogP contribution in [0, 0.1) is 0 Å². The van der Waals surface area contributed by atoms with Crippen LogP contribution in [0.4, 0.5) is 0 Å². The Kier molecular flexibility index (Phi) is 3.06. The standard InChI is InChI=1S/C7H18N2OSi/c1-10-11(2,3)7-9-5-4-8-6-9/h8H,4-7H2,1-3H3. The molecule has 0 amide bonds. The summed E-state index contributed by atoms with van der Waals surface area (Å²) in [6, 6.07) is 0. The van der Waals surface area contributed by atoms with Crippen molar-refractivity contribution in [3.05, 3.63) is 0 Å². The average molecular weight is 174 g/mol. The van der Waals surface area contributed by atoms with E-state index in [-0.39, 0.29) is 0 Å². The molecule has 1 heterocycles. The molecule has 1 rings (SSSR count). The highest BCUT2D eigenvalue weighted by molar-refractivity contribution is 6.71. The molecule has 0 aromatic rings. The van der Waals surface area contributed by atoms with E-state index in [1.807, 2.05) is 7.11 Å². The van der Waals surface area contributed by atoms with Crippen molar-refractivity contribution in [2.75, 3.05) is 33.0 Å². The third-order valence-electron chi connectivity index (χ3n) is 2.10. The molecule has 0 radical (unpaired) electrons. The van der Waals surface area contributed by atoms with E-state index in [1.54, 1.807) is 0 Å². The highest BCUT2D eigenvalue weighted by Crippen LogP contribution is 2.06. The maximum atomic E-state index is 5.47. The molecule has 66 valence electrons. The molecule has 1 aliphatic rings. The summed E-state index contributed by atoms with van der Waals surface area (Å²) in [5.74, 6) is 0. The Morgan fingerprint density at radius 1 is 1.55 bits per heavy atom. The molecular formula is C7H18N2OSi. The third-order valence-corrected chi connectivity index (χ3v) is 4.41. The quantitative estimate of drug-likeness (QED) is 0.620. The van der Waals surface area contributed by atoms with E-state index >= 15 is 0 Å². The van der Waals surface area contributed by atoms with Crippen LogP contribution in [0.2, 0.25) is 13.1 Å². The fraction of sp³-hybridized carbons (Fsp3) is 1.00. The van der Waals surface area contributed by atoms with Gasteiger partial charge >= 0.3 is 0 Å². The molecule has 3 nitrogen and oxygen atoms in total. The van der Waals surface area contributed by atoms with Gasteiger partial charge in [-0.1, -0.05) is 0 Å². The Hall–Kier alpha value is 0.0969. The van der Waals surface area contributed by atoms with Crippen LogP contribution in [-0.4, -0.2) is 46.3 Å². The first kappa shape index (κ1) is 9.19. The van der Waals surface area contributed by atoms with E-state index in [0.717, 1.165) is 19.4 Å². The molecule has 1 N–H and O–H groups in total. The summed E-state index contributed by atoms with van der Waals surface area (Å²) in [5, 5.41) is 3.31. The van der Waals surface area contributed by atoms with Crippen LogP contribution >= 0.6 is 0 Å². The Morgan fingerprint density at radius 3 is 2.73 bits per heavy atom. The molecule has 4 heteroatoms. The summed E-state index contributed by atoms with van der Waals surface area (Å²) in [7, 11) is 0.473. The fourth-order valence-corrected chi connectivity index (χ4v) is 2.77. The second-order valence-corrected chi connectivity index (χ2v) is 7.92. The van der Waals surface area contributed by atoms with Gasteiger partial charge in [0.15, 0.2) is 8.32 Å². The van der Waals surface area contributed by atoms with E-state index in [2.05, 4.69) is 23.3 Å². The summed E-state index contributed by atoms with van der Waals surface area (Å²) in [4.78, 5) is 2.43. The van der Waals surface area contributed by atoms with E-state index in [1.165, 1.54) is 6.54 Å². The van der Waals surface area contributed by atoms with Crippen molar-refractivity contribution < 1.29 is 4.43 Å². The minimum atomic E-state index is -1.36. The first-order valence-electron chi connectivity index (χ1n) is 4.12. The molecule has 0 atom stereocenters. The van der Waals surface area contributed by atoms with Crippen molar-refractivity contribution in [2.45, 2.75) is 13.1 Å². The maximum absolute atomic E-state index is 5.47. The topological polar surface area (TPSA) is 24.5 Å². The van der Waals surface area contributed by atoms with Gasteiger partial charge in [-0.15, -0.1) is 0 Å². The minimum Gasteiger partial charge on any atom is -0.419 e. The summed E-state index contributed by atoms with van der Waals surface area (Å²) in [5.41, 5.74) is 0. The molecule has 0 spiro atoms. The molecule has 0 saturated carbocycles. The molecule has 0 bridgehead atoms. The number of hydrogen-bond acceptors (Lipinski definition) is 3. The zero-order chi connectivity index (χ0) is 8.32. The van der Waals surface area contributed by atoms with Crippen molar-refractivity contribution in [1.82, 2.24) is 10.2 Å². The Morgan fingerprint density at radius 2 is 2.27 bits per heavy atom. The van der Waals surface area contributed by atoms with Crippen molar-refractivity contribution in [1.29, 1.82) is 0 Å². The number of rotatable bonds is 3. The first-order valence-corrected chi connectivity index (χ1v) is 7.24. The Labute approximate surface area is 69.9 Å². The Bertz CT molecular complexity index is 124. The van der Waals surface area contributed by atoms with Crippen molar-refractivity contribution >= 4 is 8.32 Å². The summed E-state index contributed by atoms with van der Waals surface area (Å²) < 4.78 is 5.47. The number of nitrogens with one attached hydrogen (secondary N) is 1. The minimum absolute atomic E-state index is 1.04. The summed E-state index contributed by atoms with van der Waals surface area (Å²) in [6.07, 6.45) is 1.15. The molecule has 0 aromatic heterocycles. The maximum Gasteiger partial charge on any atom is 0.199 e. The monoisotopic (exact) mass is 174 g/mol. The lowest BCUT2D eigenvalue weighted by molar-refractivity contribution is 0.332. The van der Waals surface area contributed by atoms with Gasteiger partial charge in [-0.05, 0) is 13.1 Å². The van der Waals surface area contributed by atoms with Crippen molar-refractivity contribution in [2.24, 2.45) is 0 Å². The van der Waals surface area contributed by atoms with Crippen LogP contribution in [0.1, 0.15) is 0 Å². The van der Waals surface area contributed by atoms with Gasteiger partial charge < -0.3 is 9.74 Å². The number of hydrogen-bond donors (Lipinski definition) is 1. The zero-order valence-corrected chi connectivity index (χ0v) is 8.68. The fourth-order valence-electron chi connectivity index (χ4n) is 1.29. The van der Waals surface area contributed by atoms with Crippen LogP contribution < -0.4 is 5.32 Å². The molecular weight excluding hydrogens is 156 g/mol. The molecule has 1 fully saturated rings. The van der Waals surface area contributed by atoms with Gasteiger partial charge in [0.2, 0.25) is 0 Å². The van der Waals surface area contributed by atoms with Crippen LogP contribution in [0.3, 0.4) is 0 Å². The zero-order valence-electron chi connectivity index (χ0n) is 7.68. The smallest absolute Gasteiger partial charge is 0.199 e. The Balaban J connectivity index is 2.28. The lowest BCUT2D eigenvalue weighted by Gasteiger charge is -2.25. The van der Waals surface area contributed by atoms with Gasteiger partial charge in [-0.3, -0.25) is 4.90 Å². The second kappa shape index (κ2) is 3.67. The van der Waals surface area contributed by atoms with E-state index < -0.39 is 8.32 Å². The molecule has 0 unspecified atom stereocenters. The predicted molar refractivity (Wildman–Crippen MR) is 48.9 cm³/mol. The van der Waals surface area contributed by atoms with Crippen LogP contribution in [0.5, 0.6) is 0 Å². The van der Waals surface area contributed by atoms with Crippen molar-refractivity contribution in [3.8, 4) is 0 Å². The van der Waals surface area contributed by atoms with Gasteiger partial charge in [0.1, 0.15) is 0 Å². The highest BCUT2D eigenvalue weighted by Gasteiger charge is 2.25. The lowest BCUT2D eigenvalue weighted by Crippen LogP contribution is -2.43. The van der Waals surface area contributed by atoms with Crippen molar-refractivity contribution in [3.63, 3.8) is 0 Å². The van der Waals surface area contributed by atoms with E-state index in [0.29, 0.717) is 0 Å². The molecule has 0 aromatic carbocycles. The van der Waals surface area contributed by atoms with Gasteiger partial charge in [-0.25, -0.2) is 0 Å². The largest absolute Gasteiger partial charge is 0.419 e. The van der Waals surface area contributed by atoms with Gasteiger partial charge in [0.25, 0.3) is 0 Å². The van der Waals surface area contributed by atoms with E-state index in [4.69, 9.17) is 4.43 Å². The average Bonchev–Trinajstić information content (AvgIpc) is 2.39. The van der Waals surface area contributed by atoms with Gasteiger partial charge in [-0.2, -0.15) is 0 Å². The molecule has 1 saturated heterocycles. The third kappa shape index (κ3) is 2.90. The molecule has 11 heavy (non-hydrogen) atoms. The normalized spacial score (nSPS) is 21.0. The predicted octanol–water partition coefficient (Wildman–Crippen LogP) is 0.240. The highest BCUT2D eigenvalue weighted by atomic mass is 28.4. The molecule has 0 aliphatic carbocycles. The lowest BCUT2D eigenvalue weighted by atomic mass is 10.7. The van der Waals surface area contributed by atoms with Gasteiger partial charge in [0, 0.05) is 33.0 Å². The number of nitrogens with zero attached hydrogens (tertiary/aromatic N) is 1. The second-order valence-electron chi connectivity index (χ2n) is 3.67. The van der Waals surface area contributed by atoms with Crippen LogP contribution in [0.25, 0.3) is 0 Å². The first-order chi connectivity index (χ1) is 5.14. The van der Waals surface area contributed by atoms with Crippen LogP contribution in [0.15, 0.2) is 0 Å².